The van der Waals surface area contributed by atoms with E-state index in [0.29, 0.717) is 19.6 Å². The summed E-state index contributed by atoms with van der Waals surface area (Å²) in [5.74, 6) is -0.935. The molecule has 1 aliphatic carbocycles. The van der Waals surface area contributed by atoms with Crippen LogP contribution >= 0.6 is 0 Å². The molecule has 6 nitrogen and oxygen atoms in total. The summed E-state index contributed by atoms with van der Waals surface area (Å²) in [4.78, 5) is 28.3. The Morgan fingerprint density at radius 1 is 1.00 bits per heavy atom. The van der Waals surface area contributed by atoms with Gasteiger partial charge in [-0.2, -0.15) is 4.31 Å². The van der Waals surface area contributed by atoms with E-state index < -0.39 is 15.8 Å². The Balaban J connectivity index is 2.24. The first-order valence-corrected chi connectivity index (χ1v) is 12.0. The van der Waals surface area contributed by atoms with Crippen molar-refractivity contribution >= 4 is 21.6 Å². The first-order chi connectivity index (χ1) is 13.8. The number of allylic oxidation sites excluding steroid dienone is 2. The minimum absolute atomic E-state index is 0.0511. The van der Waals surface area contributed by atoms with Gasteiger partial charge in [0.2, 0.25) is 21.6 Å². The second-order valence-corrected chi connectivity index (χ2v) is 9.66. The molecular formula is C22H30N2O4S. The van der Waals surface area contributed by atoms with Crippen molar-refractivity contribution in [3.8, 4) is 0 Å². The van der Waals surface area contributed by atoms with Crippen LogP contribution in [0.5, 0.6) is 0 Å². The van der Waals surface area contributed by atoms with Crippen LogP contribution in [0.1, 0.15) is 73.6 Å². The van der Waals surface area contributed by atoms with Gasteiger partial charge >= 0.3 is 0 Å². The van der Waals surface area contributed by atoms with E-state index in [2.05, 4.69) is 0 Å². The van der Waals surface area contributed by atoms with E-state index >= 15 is 0 Å². The largest absolute Gasteiger partial charge is 0.367 e. The zero-order valence-corrected chi connectivity index (χ0v) is 18.3. The smallest absolute Gasteiger partial charge is 0.249 e. The average Bonchev–Trinajstić information content (AvgIpc) is 2.70. The molecule has 0 saturated carbocycles. The van der Waals surface area contributed by atoms with Gasteiger partial charge < -0.3 is 4.90 Å². The van der Waals surface area contributed by atoms with E-state index in [1.165, 1.54) is 4.31 Å². The normalized spacial score (nSPS) is 20.7. The number of hydrogen-bond acceptors (Lipinski definition) is 5. The highest BCUT2D eigenvalue weighted by atomic mass is 32.2. The number of benzene rings is 1. The zero-order chi connectivity index (χ0) is 21.2. The van der Waals surface area contributed by atoms with Gasteiger partial charge in [-0.3, -0.25) is 9.59 Å². The van der Waals surface area contributed by atoms with Gasteiger partial charge in [0.25, 0.3) is 0 Å². The topological polar surface area (TPSA) is 74.8 Å². The maximum atomic E-state index is 13.7. The van der Waals surface area contributed by atoms with Crippen LogP contribution in [0.2, 0.25) is 0 Å². The van der Waals surface area contributed by atoms with Crippen molar-refractivity contribution in [3.63, 3.8) is 0 Å². The molecule has 0 amide bonds. The minimum Gasteiger partial charge on any atom is -0.367 e. The molecular weight excluding hydrogens is 388 g/mol. The average molecular weight is 419 g/mol. The van der Waals surface area contributed by atoms with Gasteiger partial charge in [0.05, 0.1) is 0 Å². The lowest BCUT2D eigenvalue weighted by Crippen LogP contribution is -2.46. The third-order valence-electron chi connectivity index (χ3n) is 5.66. The van der Waals surface area contributed by atoms with Crippen molar-refractivity contribution in [2.24, 2.45) is 0 Å². The molecule has 0 aromatic heterocycles. The van der Waals surface area contributed by atoms with Crippen LogP contribution < -0.4 is 0 Å². The van der Waals surface area contributed by atoms with Crippen LogP contribution in [0.3, 0.4) is 0 Å². The van der Waals surface area contributed by atoms with E-state index in [0.717, 1.165) is 32.1 Å². The fraction of sp³-hybridized carbons (Fsp3) is 0.545. The number of fused-ring (bicyclic) bond motifs is 1. The van der Waals surface area contributed by atoms with Crippen LogP contribution in [0.25, 0.3) is 0 Å². The summed E-state index contributed by atoms with van der Waals surface area (Å²) in [7, 11) is -4.09. The minimum atomic E-state index is -4.09. The highest BCUT2D eigenvalue weighted by molar-refractivity contribution is 7.94. The Hall–Kier alpha value is -1.99. The van der Waals surface area contributed by atoms with Crippen molar-refractivity contribution in [3.05, 3.63) is 46.0 Å². The molecule has 3 rings (SSSR count). The van der Waals surface area contributed by atoms with Gasteiger partial charge in [-0.25, -0.2) is 8.42 Å². The molecule has 2 aliphatic rings. The molecule has 1 fully saturated rings. The van der Waals surface area contributed by atoms with E-state index in [-0.39, 0.29) is 33.6 Å². The number of Topliss-reactive ketones (excluding diaryl/α,β-unsaturated/α-hetero) is 2. The SMILES string of the molecule is CCCN(CCC)C1=C(S(=O)(=O)N2CCCCC2C)C(=O)c2ccccc2C1=O. The van der Waals surface area contributed by atoms with Crippen LogP contribution in [0, 0.1) is 0 Å². The predicted molar refractivity (Wildman–Crippen MR) is 113 cm³/mol. The Labute approximate surface area is 173 Å². The van der Waals surface area contributed by atoms with Crippen LogP contribution in [-0.2, 0) is 10.0 Å². The fourth-order valence-electron chi connectivity index (χ4n) is 4.29. The molecule has 29 heavy (non-hydrogen) atoms. The standard InChI is InChI=1S/C22H30N2O4S/c1-4-13-23(14-5-2)19-20(25)17-11-6-7-12-18(17)21(26)22(19)29(27,28)24-15-9-8-10-16(24)3/h6-7,11-12,16H,4-5,8-10,13-15H2,1-3H3. The fourth-order valence-corrected chi connectivity index (χ4v) is 6.28. The van der Waals surface area contributed by atoms with Gasteiger partial charge in [-0.15, -0.1) is 0 Å². The van der Waals surface area contributed by atoms with Crippen LogP contribution in [0.4, 0.5) is 0 Å². The van der Waals surface area contributed by atoms with Crippen molar-refractivity contribution in [2.75, 3.05) is 19.6 Å². The van der Waals surface area contributed by atoms with Crippen LogP contribution in [0.15, 0.2) is 34.9 Å². The quantitative estimate of drug-likeness (QED) is 0.676. The highest BCUT2D eigenvalue weighted by Crippen LogP contribution is 2.35. The summed E-state index contributed by atoms with van der Waals surface area (Å²) < 4.78 is 28.8. The molecule has 0 spiro atoms. The number of rotatable bonds is 7. The summed E-state index contributed by atoms with van der Waals surface area (Å²) in [6, 6.07) is 6.34. The molecule has 1 unspecified atom stereocenters. The monoisotopic (exact) mass is 418 g/mol. The van der Waals surface area contributed by atoms with Gasteiger partial charge in [-0.1, -0.05) is 44.5 Å². The maximum Gasteiger partial charge on any atom is 0.249 e. The van der Waals surface area contributed by atoms with Crippen molar-refractivity contribution < 1.29 is 18.0 Å². The molecule has 158 valence electrons. The predicted octanol–water partition coefficient (Wildman–Crippen LogP) is 3.60. The van der Waals surface area contributed by atoms with E-state index in [4.69, 9.17) is 0 Å². The Morgan fingerprint density at radius 3 is 2.14 bits per heavy atom. The molecule has 1 heterocycles. The molecule has 1 aromatic rings. The number of nitrogens with zero attached hydrogens (tertiary/aromatic N) is 2. The van der Waals surface area contributed by atoms with Gasteiger partial charge in [0.15, 0.2) is 4.91 Å². The lowest BCUT2D eigenvalue weighted by Gasteiger charge is -2.36. The Kier molecular flexibility index (Phi) is 6.58. The summed E-state index contributed by atoms with van der Waals surface area (Å²) in [5.41, 5.74) is 0.517. The number of ketones is 2. The maximum absolute atomic E-state index is 13.7. The number of hydrogen-bond donors (Lipinski definition) is 0. The van der Waals surface area contributed by atoms with Crippen LogP contribution in [-0.4, -0.2) is 54.9 Å². The molecule has 1 aliphatic heterocycles. The molecule has 7 heteroatoms. The molecule has 0 bridgehead atoms. The number of piperidine rings is 1. The third-order valence-corrected chi connectivity index (χ3v) is 7.72. The molecule has 0 N–H and O–H groups in total. The lowest BCUT2D eigenvalue weighted by molar-refractivity contribution is 0.0945. The second kappa shape index (κ2) is 8.79. The summed E-state index contributed by atoms with van der Waals surface area (Å²) >= 11 is 0. The first-order valence-electron chi connectivity index (χ1n) is 10.5. The molecule has 1 saturated heterocycles. The molecule has 1 atom stereocenters. The summed E-state index contributed by atoms with van der Waals surface area (Å²) in [6.07, 6.45) is 3.99. The zero-order valence-electron chi connectivity index (χ0n) is 17.5. The number of sulfonamides is 1. The van der Waals surface area contributed by atoms with Gasteiger partial charge in [-0.05, 0) is 32.6 Å². The lowest BCUT2D eigenvalue weighted by atomic mass is 9.91. The first kappa shape index (κ1) is 21.7. The van der Waals surface area contributed by atoms with E-state index in [1.807, 2.05) is 20.8 Å². The second-order valence-electron chi connectivity index (χ2n) is 7.83. The van der Waals surface area contributed by atoms with E-state index in [9.17, 15) is 18.0 Å². The molecule has 1 aromatic carbocycles. The summed E-state index contributed by atoms with van der Waals surface area (Å²) in [5, 5.41) is 0. The van der Waals surface area contributed by atoms with Crippen molar-refractivity contribution in [1.29, 1.82) is 0 Å². The number of carbonyl (C=O) groups is 2. The molecule has 0 radical (unpaired) electrons. The van der Waals surface area contributed by atoms with Crippen molar-refractivity contribution in [2.45, 2.75) is 58.9 Å². The third kappa shape index (κ3) is 3.90. The highest BCUT2D eigenvalue weighted by Gasteiger charge is 2.44. The van der Waals surface area contributed by atoms with Crippen molar-refractivity contribution in [1.82, 2.24) is 9.21 Å². The van der Waals surface area contributed by atoms with E-state index in [1.54, 1.807) is 29.2 Å². The Bertz CT molecular complexity index is 930. The summed E-state index contributed by atoms with van der Waals surface area (Å²) in [6.45, 7) is 7.26. The Morgan fingerprint density at radius 2 is 1.59 bits per heavy atom. The van der Waals surface area contributed by atoms with Gasteiger partial charge in [0.1, 0.15) is 5.70 Å². The van der Waals surface area contributed by atoms with Gasteiger partial charge in [0, 0.05) is 36.8 Å². The number of carbonyl (C=O) groups excluding carboxylic acids is 2.